The third kappa shape index (κ3) is 5.34. The van der Waals surface area contributed by atoms with E-state index in [-0.39, 0.29) is 29.8 Å². The first kappa shape index (κ1) is 19.0. The Morgan fingerprint density at radius 1 is 1.04 bits per heavy atom. The summed E-state index contributed by atoms with van der Waals surface area (Å²) >= 11 is 1.16. The minimum Gasteiger partial charge on any atom is -0.462 e. The summed E-state index contributed by atoms with van der Waals surface area (Å²) in [5, 5.41) is 13.7. The molecule has 3 aliphatic rings. The van der Waals surface area contributed by atoms with Gasteiger partial charge in [0.05, 0.1) is 12.1 Å². The van der Waals surface area contributed by atoms with Crippen molar-refractivity contribution in [2.75, 3.05) is 5.75 Å². The summed E-state index contributed by atoms with van der Waals surface area (Å²) in [6.45, 7) is 0. The summed E-state index contributed by atoms with van der Waals surface area (Å²) in [5.74, 6) is -1.16. The van der Waals surface area contributed by atoms with Gasteiger partial charge in [-0.15, -0.1) is 0 Å². The number of hydrogen-bond acceptors (Lipinski definition) is 6. The van der Waals surface area contributed by atoms with E-state index in [9.17, 15) is 14.7 Å². The second-order valence-electron chi connectivity index (χ2n) is 7.45. The normalized spacial score (nSPS) is 38.5. The highest BCUT2D eigenvalue weighted by Gasteiger charge is 2.49. The van der Waals surface area contributed by atoms with E-state index in [0.717, 1.165) is 37.4 Å². The Kier molecular flexibility index (Phi) is 6.63. The van der Waals surface area contributed by atoms with Crippen LogP contribution in [-0.4, -0.2) is 46.1 Å². The van der Waals surface area contributed by atoms with Crippen molar-refractivity contribution in [3.05, 3.63) is 0 Å². The first-order valence-electron chi connectivity index (χ1n) is 9.58. The molecule has 0 saturated carbocycles. The highest BCUT2D eigenvalue weighted by Crippen LogP contribution is 2.36. The van der Waals surface area contributed by atoms with Crippen molar-refractivity contribution >= 4 is 23.0 Å². The van der Waals surface area contributed by atoms with Gasteiger partial charge >= 0.3 is 5.97 Å². The number of fused-ring (bicyclic) bond motifs is 2. The van der Waals surface area contributed by atoms with E-state index in [4.69, 9.17) is 9.47 Å². The topological polar surface area (TPSA) is 84.9 Å². The lowest BCUT2D eigenvalue weighted by atomic mass is 9.91. The van der Waals surface area contributed by atoms with Crippen molar-refractivity contribution in [2.24, 2.45) is 0 Å². The Hall–Kier alpha value is -0.790. The van der Waals surface area contributed by atoms with Gasteiger partial charge in [-0.3, -0.25) is 9.59 Å². The van der Waals surface area contributed by atoms with Crippen LogP contribution < -0.4 is 5.32 Å². The van der Waals surface area contributed by atoms with Gasteiger partial charge in [-0.25, -0.2) is 0 Å². The molecule has 2 N–H and O–H groups in total. The first-order chi connectivity index (χ1) is 12.0. The van der Waals surface area contributed by atoms with Crippen LogP contribution >= 0.6 is 11.8 Å². The van der Waals surface area contributed by atoms with Crippen molar-refractivity contribution < 1.29 is 24.2 Å². The number of esters is 1. The third-order valence-corrected chi connectivity index (χ3v) is 6.22. The highest BCUT2D eigenvalue weighted by molar-refractivity contribution is 8.14. The van der Waals surface area contributed by atoms with Crippen LogP contribution in [0.4, 0.5) is 4.79 Å². The molecule has 3 saturated heterocycles. The largest absolute Gasteiger partial charge is 0.462 e. The molecule has 0 aromatic heterocycles. The molecular formula is C18H29NO5S. The van der Waals surface area contributed by atoms with Gasteiger partial charge in [-0.1, -0.05) is 50.3 Å². The van der Waals surface area contributed by atoms with Crippen LogP contribution in [0.15, 0.2) is 0 Å². The number of aliphatic hydroxyl groups is 1. The van der Waals surface area contributed by atoms with Crippen LogP contribution in [-0.2, 0) is 14.3 Å². The molecule has 0 aromatic rings. The predicted molar refractivity (Wildman–Crippen MR) is 95.3 cm³/mol. The summed E-state index contributed by atoms with van der Waals surface area (Å²) in [5.41, 5.74) is 0. The molecule has 2 bridgehead atoms. The van der Waals surface area contributed by atoms with E-state index in [1.165, 1.54) is 25.7 Å². The molecule has 3 fully saturated rings. The number of amides is 1. The Labute approximate surface area is 153 Å². The molecule has 3 aliphatic heterocycles. The lowest BCUT2D eigenvalue weighted by molar-refractivity contribution is -0.284. The third-order valence-electron chi connectivity index (χ3n) is 5.34. The maximum Gasteiger partial charge on any atom is 0.306 e. The van der Waals surface area contributed by atoms with Gasteiger partial charge in [0.15, 0.2) is 5.79 Å². The molecule has 0 radical (unpaired) electrons. The molecule has 142 valence electrons. The van der Waals surface area contributed by atoms with E-state index in [1.807, 2.05) is 0 Å². The van der Waals surface area contributed by atoms with Crippen molar-refractivity contribution in [1.29, 1.82) is 0 Å². The van der Waals surface area contributed by atoms with Gasteiger partial charge in [-0.2, -0.15) is 0 Å². The van der Waals surface area contributed by atoms with E-state index < -0.39 is 11.8 Å². The number of carbonyl (C=O) groups excluding carboxylic acids is 2. The monoisotopic (exact) mass is 371 g/mol. The van der Waals surface area contributed by atoms with Gasteiger partial charge in [0, 0.05) is 25.0 Å². The zero-order valence-electron chi connectivity index (χ0n) is 14.7. The molecule has 7 heteroatoms. The molecule has 25 heavy (non-hydrogen) atoms. The Balaban J connectivity index is 1.68. The highest BCUT2D eigenvalue weighted by atomic mass is 32.2. The SMILES string of the molecule is O=C1CCCCCCCCC[C@@H]2C[C@H](C[C@](O)([C@@H]3CSC(=O)N3)O2)O1. The lowest BCUT2D eigenvalue weighted by Gasteiger charge is -2.43. The van der Waals surface area contributed by atoms with E-state index in [1.54, 1.807) is 0 Å². The standard InChI is InChI=1S/C18H29NO5S/c20-16-9-7-5-3-1-2-4-6-8-13-10-14(23-16)11-18(22,24-13)15-12-25-17(21)19-15/h13-15,22H,1-12H2,(H,19,21)/t13-,14-,15+,18-/m1/s1. The van der Waals surface area contributed by atoms with Gasteiger partial charge in [0.2, 0.25) is 0 Å². The first-order valence-corrected chi connectivity index (χ1v) is 10.6. The fraction of sp³-hybridized carbons (Fsp3) is 0.889. The summed E-state index contributed by atoms with van der Waals surface area (Å²) in [7, 11) is 0. The van der Waals surface area contributed by atoms with Crippen LogP contribution in [0.5, 0.6) is 0 Å². The second kappa shape index (κ2) is 8.73. The van der Waals surface area contributed by atoms with E-state index in [0.29, 0.717) is 18.6 Å². The van der Waals surface area contributed by atoms with E-state index in [2.05, 4.69) is 5.32 Å². The fourth-order valence-electron chi connectivity index (χ4n) is 3.98. The Morgan fingerprint density at radius 2 is 1.76 bits per heavy atom. The van der Waals surface area contributed by atoms with Crippen molar-refractivity contribution in [1.82, 2.24) is 5.32 Å². The van der Waals surface area contributed by atoms with E-state index >= 15 is 0 Å². The average molecular weight is 371 g/mol. The van der Waals surface area contributed by atoms with Gasteiger partial charge in [0.1, 0.15) is 6.10 Å². The fourth-order valence-corrected chi connectivity index (χ4v) is 4.86. The zero-order chi connectivity index (χ0) is 17.7. The summed E-state index contributed by atoms with van der Waals surface area (Å²) in [4.78, 5) is 23.6. The quantitative estimate of drug-likeness (QED) is 0.689. The van der Waals surface area contributed by atoms with Crippen molar-refractivity contribution in [3.8, 4) is 0 Å². The van der Waals surface area contributed by atoms with Crippen molar-refractivity contribution in [2.45, 2.75) is 94.7 Å². The summed E-state index contributed by atoms with van der Waals surface area (Å²) in [6.07, 6.45) is 9.40. The molecule has 0 aromatic carbocycles. The predicted octanol–water partition coefficient (Wildman–Crippen LogP) is 3.12. The maximum atomic E-state index is 12.1. The number of rotatable bonds is 1. The summed E-state index contributed by atoms with van der Waals surface area (Å²) in [6, 6.07) is -0.451. The smallest absolute Gasteiger partial charge is 0.306 e. The molecule has 0 unspecified atom stereocenters. The minimum absolute atomic E-state index is 0.137. The zero-order valence-corrected chi connectivity index (χ0v) is 15.5. The molecule has 6 nitrogen and oxygen atoms in total. The molecule has 3 rings (SSSR count). The lowest BCUT2D eigenvalue weighted by Crippen LogP contribution is -2.58. The molecule has 3 heterocycles. The number of carbonyl (C=O) groups is 2. The van der Waals surface area contributed by atoms with Crippen LogP contribution in [0.3, 0.4) is 0 Å². The number of thioether (sulfide) groups is 1. The molecular weight excluding hydrogens is 342 g/mol. The Bertz CT molecular complexity index is 488. The van der Waals surface area contributed by atoms with Gasteiger partial charge < -0.3 is 19.9 Å². The Morgan fingerprint density at radius 3 is 2.48 bits per heavy atom. The molecule has 0 spiro atoms. The average Bonchev–Trinajstić information content (AvgIpc) is 2.99. The second-order valence-corrected chi connectivity index (χ2v) is 8.44. The van der Waals surface area contributed by atoms with Crippen LogP contribution in [0.1, 0.15) is 70.6 Å². The minimum atomic E-state index is -1.45. The summed E-state index contributed by atoms with van der Waals surface area (Å²) < 4.78 is 11.7. The van der Waals surface area contributed by atoms with Gasteiger partial charge in [0.25, 0.3) is 5.24 Å². The number of hydrogen-bond donors (Lipinski definition) is 2. The molecule has 0 aliphatic carbocycles. The maximum absolute atomic E-state index is 12.1. The van der Waals surface area contributed by atoms with Gasteiger partial charge in [-0.05, 0) is 12.8 Å². The van der Waals surface area contributed by atoms with Crippen molar-refractivity contribution in [3.63, 3.8) is 0 Å². The van der Waals surface area contributed by atoms with Crippen LogP contribution in [0.2, 0.25) is 0 Å². The van der Waals surface area contributed by atoms with Crippen LogP contribution in [0, 0.1) is 0 Å². The molecule has 4 atom stereocenters. The van der Waals surface area contributed by atoms with Crippen LogP contribution in [0.25, 0.3) is 0 Å². The number of nitrogens with one attached hydrogen (secondary N) is 1. The molecule has 1 amide bonds. The number of ether oxygens (including phenoxy) is 2.